The molecule has 27 heavy (non-hydrogen) atoms. The SMILES string of the molecule is C=Nc1ccc(OCC)nc1NCc1ccc(N2CCC(OC)CC2)nc1. The second kappa shape index (κ2) is 9.32. The maximum Gasteiger partial charge on any atom is 0.215 e. The van der Waals surface area contributed by atoms with E-state index < -0.39 is 0 Å². The van der Waals surface area contributed by atoms with Gasteiger partial charge >= 0.3 is 0 Å². The van der Waals surface area contributed by atoms with Crippen LogP contribution in [0.4, 0.5) is 17.3 Å². The summed E-state index contributed by atoms with van der Waals surface area (Å²) < 4.78 is 10.9. The molecule has 144 valence electrons. The molecular formula is C20H27N5O2. The van der Waals surface area contributed by atoms with Crippen molar-refractivity contribution in [3.63, 3.8) is 0 Å². The van der Waals surface area contributed by atoms with E-state index in [0.717, 1.165) is 37.3 Å². The van der Waals surface area contributed by atoms with Crippen molar-refractivity contribution in [1.82, 2.24) is 9.97 Å². The van der Waals surface area contributed by atoms with Crippen LogP contribution in [-0.4, -0.2) is 49.6 Å². The van der Waals surface area contributed by atoms with Crippen molar-refractivity contribution in [2.45, 2.75) is 32.4 Å². The molecule has 1 fully saturated rings. The molecule has 3 rings (SSSR count). The lowest BCUT2D eigenvalue weighted by molar-refractivity contribution is 0.0818. The monoisotopic (exact) mass is 369 g/mol. The largest absolute Gasteiger partial charge is 0.478 e. The van der Waals surface area contributed by atoms with E-state index in [-0.39, 0.29) is 0 Å². The normalized spacial score (nSPS) is 14.8. The third-order valence-corrected chi connectivity index (χ3v) is 4.68. The highest BCUT2D eigenvalue weighted by Crippen LogP contribution is 2.26. The first-order valence-electron chi connectivity index (χ1n) is 9.30. The van der Waals surface area contributed by atoms with Gasteiger partial charge in [-0.1, -0.05) is 6.07 Å². The van der Waals surface area contributed by atoms with E-state index in [9.17, 15) is 0 Å². The Bertz CT molecular complexity index is 743. The first-order chi connectivity index (χ1) is 13.2. The summed E-state index contributed by atoms with van der Waals surface area (Å²) in [5, 5.41) is 3.30. The number of piperidine rings is 1. The van der Waals surface area contributed by atoms with Gasteiger partial charge in [0.25, 0.3) is 0 Å². The average molecular weight is 369 g/mol. The quantitative estimate of drug-likeness (QED) is 0.719. The lowest BCUT2D eigenvalue weighted by Gasteiger charge is -2.32. The Morgan fingerprint density at radius 3 is 2.70 bits per heavy atom. The zero-order valence-electron chi connectivity index (χ0n) is 16.0. The zero-order valence-corrected chi connectivity index (χ0v) is 16.0. The summed E-state index contributed by atoms with van der Waals surface area (Å²) in [5.41, 5.74) is 1.77. The summed E-state index contributed by atoms with van der Waals surface area (Å²) in [6.45, 7) is 8.66. The maximum absolute atomic E-state index is 5.46. The van der Waals surface area contributed by atoms with Crippen LogP contribution >= 0.6 is 0 Å². The number of hydrogen-bond acceptors (Lipinski definition) is 7. The van der Waals surface area contributed by atoms with Gasteiger partial charge in [-0.15, -0.1) is 0 Å². The molecule has 0 amide bonds. The van der Waals surface area contributed by atoms with E-state index in [1.807, 2.05) is 19.2 Å². The van der Waals surface area contributed by atoms with Gasteiger partial charge < -0.3 is 19.7 Å². The van der Waals surface area contributed by atoms with Gasteiger partial charge in [-0.3, -0.25) is 4.99 Å². The minimum absolute atomic E-state index is 0.373. The van der Waals surface area contributed by atoms with E-state index in [1.165, 1.54) is 0 Å². The molecule has 7 heteroatoms. The molecule has 0 aromatic carbocycles. The molecule has 0 bridgehead atoms. The highest BCUT2D eigenvalue weighted by molar-refractivity contribution is 5.64. The topological polar surface area (TPSA) is 71.9 Å². The molecule has 7 nitrogen and oxygen atoms in total. The van der Waals surface area contributed by atoms with E-state index >= 15 is 0 Å². The Hall–Kier alpha value is -2.67. The first-order valence-corrected chi connectivity index (χ1v) is 9.30. The standard InChI is InChI=1S/C20H27N5O2/c1-4-27-19-8-6-17(21-2)20(24-19)23-14-15-5-7-18(22-13-15)25-11-9-16(26-3)10-12-25/h5-8,13,16H,2,4,9-12,14H2,1,3H3,(H,23,24). The van der Waals surface area contributed by atoms with Crippen LogP contribution in [0.15, 0.2) is 35.5 Å². The number of anilines is 2. The van der Waals surface area contributed by atoms with Gasteiger partial charge in [-0.25, -0.2) is 4.98 Å². The van der Waals surface area contributed by atoms with Crippen LogP contribution in [0, 0.1) is 0 Å². The summed E-state index contributed by atoms with van der Waals surface area (Å²) in [5.74, 6) is 2.24. The lowest BCUT2D eigenvalue weighted by Crippen LogP contribution is -2.37. The molecule has 1 aliphatic rings. The van der Waals surface area contributed by atoms with E-state index in [0.29, 0.717) is 36.6 Å². The van der Waals surface area contributed by atoms with Gasteiger partial charge in [0.05, 0.1) is 12.7 Å². The average Bonchev–Trinajstić information content (AvgIpc) is 2.73. The highest BCUT2D eigenvalue weighted by Gasteiger charge is 2.19. The minimum atomic E-state index is 0.373. The second-order valence-electron chi connectivity index (χ2n) is 6.41. The molecule has 0 unspecified atom stereocenters. The third kappa shape index (κ3) is 4.95. The predicted octanol–water partition coefficient (Wildman–Crippen LogP) is 3.43. The minimum Gasteiger partial charge on any atom is -0.478 e. The van der Waals surface area contributed by atoms with Crippen LogP contribution < -0.4 is 15.0 Å². The van der Waals surface area contributed by atoms with Crippen LogP contribution in [-0.2, 0) is 11.3 Å². The van der Waals surface area contributed by atoms with E-state index in [1.54, 1.807) is 13.2 Å². The number of nitrogens with zero attached hydrogens (tertiary/aromatic N) is 4. The summed E-state index contributed by atoms with van der Waals surface area (Å²) in [7, 11) is 1.78. The smallest absolute Gasteiger partial charge is 0.215 e. The van der Waals surface area contributed by atoms with Gasteiger partial charge in [0.2, 0.25) is 5.88 Å². The fraction of sp³-hybridized carbons (Fsp3) is 0.450. The summed E-state index contributed by atoms with van der Waals surface area (Å²) in [6, 6.07) is 7.80. The molecule has 0 spiro atoms. The number of methoxy groups -OCH3 is 1. The number of pyridine rings is 2. The van der Waals surface area contributed by atoms with Crippen molar-refractivity contribution in [3.05, 3.63) is 36.0 Å². The van der Waals surface area contributed by atoms with Crippen molar-refractivity contribution in [2.75, 3.05) is 37.0 Å². The molecule has 0 radical (unpaired) electrons. The molecule has 1 aliphatic heterocycles. The maximum atomic E-state index is 5.46. The van der Waals surface area contributed by atoms with Crippen molar-refractivity contribution in [1.29, 1.82) is 0 Å². The van der Waals surface area contributed by atoms with Crippen LogP contribution in [0.5, 0.6) is 5.88 Å². The number of ether oxygens (including phenoxy) is 2. The Balaban J connectivity index is 1.60. The Labute approximate surface area is 160 Å². The van der Waals surface area contributed by atoms with Crippen molar-refractivity contribution in [3.8, 4) is 5.88 Å². The van der Waals surface area contributed by atoms with Crippen LogP contribution in [0.3, 0.4) is 0 Å². The van der Waals surface area contributed by atoms with E-state index in [4.69, 9.17) is 9.47 Å². The molecule has 0 atom stereocenters. The predicted molar refractivity (Wildman–Crippen MR) is 108 cm³/mol. The van der Waals surface area contributed by atoms with Crippen LogP contribution in [0.25, 0.3) is 0 Å². The van der Waals surface area contributed by atoms with Gasteiger partial charge in [0.1, 0.15) is 11.5 Å². The van der Waals surface area contributed by atoms with Crippen LogP contribution in [0.1, 0.15) is 25.3 Å². The molecule has 2 aromatic heterocycles. The van der Waals surface area contributed by atoms with E-state index in [2.05, 4.69) is 44.0 Å². The van der Waals surface area contributed by atoms with Gasteiger partial charge in [-0.05, 0) is 44.2 Å². The fourth-order valence-electron chi connectivity index (χ4n) is 3.13. The summed E-state index contributed by atoms with van der Waals surface area (Å²) in [6.07, 6.45) is 4.36. The molecule has 3 heterocycles. The molecule has 2 aromatic rings. The van der Waals surface area contributed by atoms with Crippen molar-refractivity contribution < 1.29 is 9.47 Å². The zero-order chi connectivity index (χ0) is 19.1. The molecule has 1 N–H and O–H groups in total. The van der Waals surface area contributed by atoms with Gasteiger partial charge in [0, 0.05) is 39.0 Å². The molecular weight excluding hydrogens is 342 g/mol. The van der Waals surface area contributed by atoms with Crippen LogP contribution in [0.2, 0.25) is 0 Å². The Morgan fingerprint density at radius 2 is 2.07 bits per heavy atom. The highest BCUT2D eigenvalue weighted by atomic mass is 16.5. The number of aromatic nitrogens is 2. The third-order valence-electron chi connectivity index (χ3n) is 4.68. The van der Waals surface area contributed by atoms with Gasteiger partial charge in [-0.2, -0.15) is 4.98 Å². The second-order valence-corrected chi connectivity index (χ2v) is 6.41. The van der Waals surface area contributed by atoms with Gasteiger partial charge in [0.15, 0.2) is 5.82 Å². The number of nitrogens with one attached hydrogen (secondary N) is 1. The fourth-order valence-corrected chi connectivity index (χ4v) is 3.13. The number of aliphatic imine (C=N–C) groups is 1. The summed E-state index contributed by atoms with van der Waals surface area (Å²) in [4.78, 5) is 15.4. The number of rotatable bonds is 8. The molecule has 1 saturated heterocycles. The molecule has 0 saturated carbocycles. The molecule has 0 aliphatic carbocycles. The van der Waals surface area contributed by atoms with Crippen molar-refractivity contribution >= 4 is 24.0 Å². The first kappa shape index (κ1) is 19.1. The number of hydrogen-bond donors (Lipinski definition) is 1. The Kier molecular flexibility index (Phi) is 6.59. The lowest BCUT2D eigenvalue weighted by atomic mass is 10.1. The Morgan fingerprint density at radius 1 is 1.26 bits per heavy atom. The van der Waals surface area contributed by atoms with Crippen molar-refractivity contribution in [2.24, 2.45) is 4.99 Å². The summed E-state index contributed by atoms with van der Waals surface area (Å²) >= 11 is 0.